The van der Waals surface area contributed by atoms with Crippen molar-refractivity contribution < 1.29 is 29.0 Å². The largest absolute Gasteiger partial charge is 0.494 e. The zero-order valence-electron chi connectivity index (χ0n) is 27.7. The van der Waals surface area contributed by atoms with E-state index >= 15 is 0 Å². The van der Waals surface area contributed by atoms with Crippen molar-refractivity contribution in [1.82, 2.24) is 40.0 Å². The van der Waals surface area contributed by atoms with E-state index in [1.807, 2.05) is 66.4 Å². The summed E-state index contributed by atoms with van der Waals surface area (Å²) in [4.78, 5) is 48.7. The van der Waals surface area contributed by atoms with Gasteiger partial charge in [-0.05, 0) is 95.4 Å². The Balaban J connectivity index is 0.00000103. The van der Waals surface area contributed by atoms with E-state index in [1.54, 1.807) is 29.4 Å². The first-order valence-electron chi connectivity index (χ1n) is 16.2. The maximum absolute atomic E-state index is 13.8. The van der Waals surface area contributed by atoms with Crippen LogP contribution in [0.15, 0.2) is 85.5 Å². The van der Waals surface area contributed by atoms with E-state index in [0.717, 1.165) is 40.7 Å². The number of hydrogen-bond donors (Lipinski definition) is 1. The van der Waals surface area contributed by atoms with Crippen molar-refractivity contribution in [1.29, 1.82) is 0 Å². The molecule has 0 spiro atoms. The van der Waals surface area contributed by atoms with E-state index in [1.165, 1.54) is 11.0 Å². The summed E-state index contributed by atoms with van der Waals surface area (Å²) in [6.07, 6.45) is 5.95. The maximum Gasteiger partial charge on any atom is 0.300 e. The van der Waals surface area contributed by atoms with Crippen LogP contribution >= 0.6 is 0 Å². The standard InChI is InChI=1S/C34H32N8O4.C2H4O2/c1-23-20-36-31(21-35-23)34(44)41-14-12-25-18-29-10-11-30(25)32(41)26-4-2-5-28(19-26)45-16-3-13-40(15-17-46-29)33(43)24-6-8-27(9-7-24)42-22-37-38-39-42;1-2(3)4/h2,4-11,18-22,32H,3,12-17H2,1H3;1H3,(H,3,4). The van der Waals surface area contributed by atoms with Crippen LogP contribution in [0.5, 0.6) is 11.5 Å². The number of benzene rings is 3. The molecule has 0 radical (unpaired) electrons. The fourth-order valence-electron chi connectivity index (χ4n) is 5.95. The summed E-state index contributed by atoms with van der Waals surface area (Å²) in [7, 11) is 0. The lowest BCUT2D eigenvalue weighted by Gasteiger charge is -2.38. The fourth-order valence-corrected chi connectivity index (χ4v) is 5.95. The third kappa shape index (κ3) is 7.92. The number of carbonyl (C=O) groups is 3. The fraction of sp³-hybridized carbons (Fsp3) is 0.278. The van der Waals surface area contributed by atoms with Gasteiger partial charge in [0.25, 0.3) is 17.8 Å². The molecule has 0 aliphatic carbocycles. The van der Waals surface area contributed by atoms with Crippen LogP contribution in [0.4, 0.5) is 0 Å². The van der Waals surface area contributed by atoms with E-state index in [-0.39, 0.29) is 17.9 Å². The van der Waals surface area contributed by atoms with Gasteiger partial charge in [-0.15, -0.1) is 5.10 Å². The van der Waals surface area contributed by atoms with Crippen molar-refractivity contribution in [2.24, 2.45) is 0 Å². The normalized spacial score (nSPS) is 15.6. The highest BCUT2D eigenvalue weighted by molar-refractivity contribution is 5.94. The number of tetrazole rings is 1. The van der Waals surface area contributed by atoms with Crippen molar-refractivity contribution in [2.75, 3.05) is 32.8 Å². The molecule has 3 aromatic carbocycles. The summed E-state index contributed by atoms with van der Waals surface area (Å²) in [5.41, 5.74) is 5.47. The average Bonchev–Trinajstić information content (AvgIpc) is 3.67. The lowest BCUT2D eigenvalue weighted by molar-refractivity contribution is -0.134. The average molecular weight is 677 g/mol. The number of fused-ring (bicyclic) bond motifs is 8. The number of ether oxygens (including phenoxy) is 2. The van der Waals surface area contributed by atoms with E-state index in [2.05, 4.69) is 25.5 Å². The molecular weight excluding hydrogens is 640 g/mol. The molecule has 1 atom stereocenters. The van der Waals surface area contributed by atoms with Gasteiger partial charge in [-0.2, -0.15) is 0 Å². The Morgan fingerprint density at radius 2 is 1.64 bits per heavy atom. The minimum atomic E-state index is -0.833. The first-order chi connectivity index (χ1) is 24.3. The van der Waals surface area contributed by atoms with E-state index in [4.69, 9.17) is 19.4 Å². The number of hydrogen-bond acceptors (Lipinski definition) is 10. The molecule has 2 aromatic heterocycles. The Morgan fingerprint density at radius 3 is 2.38 bits per heavy atom. The number of aryl methyl sites for hydroxylation is 1. The SMILES string of the molecule is CC(=O)O.Cc1cnc(C(=O)N2CCc3cc4ccc3C2c2cccc(c2)OCCCN(C(=O)c2ccc(-n3cnnn3)cc2)CCO4)cn1. The lowest BCUT2D eigenvalue weighted by Crippen LogP contribution is -2.41. The predicted octanol–water partition coefficient (Wildman–Crippen LogP) is 3.94. The summed E-state index contributed by atoms with van der Waals surface area (Å²) in [5, 5.41) is 18.7. The van der Waals surface area contributed by atoms with Crippen molar-refractivity contribution in [2.45, 2.75) is 32.7 Å². The van der Waals surface area contributed by atoms with E-state index in [9.17, 15) is 9.59 Å². The number of carboxylic acids is 1. The Labute approximate surface area is 288 Å². The van der Waals surface area contributed by atoms with Gasteiger partial charge in [0.15, 0.2) is 0 Å². The van der Waals surface area contributed by atoms with E-state index in [0.29, 0.717) is 62.7 Å². The number of carboxylic acid groups (broad SMARTS) is 1. The predicted molar refractivity (Wildman–Crippen MR) is 180 cm³/mol. The third-order valence-electron chi connectivity index (χ3n) is 8.26. The van der Waals surface area contributed by atoms with Crippen LogP contribution in [0.1, 0.15) is 62.6 Å². The van der Waals surface area contributed by atoms with Crippen LogP contribution in [-0.2, 0) is 11.2 Å². The van der Waals surface area contributed by atoms with Gasteiger partial charge < -0.3 is 24.4 Å². The van der Waals surface area contributed by atoms with Crippen LogP contribution < -0.4 is 9.47 Å². The van der Waals surface area contributed by atoms with Crippen molar-refractivity contribution >= 4 is 17.8 Å². The summed E-state index contributed by atoms with van der Waals surface area (Å²) in [6, 6.07) is 20.7. The van der Waals surface area contributed by atoms with Gasteiger partial charge in [-0.25, -0.2) is 9.67 Å². The monoisotopic (exact) mass is 676 g/mol. The molecule has 1 N–H and O–H groups in total. The van der Waals surface area contributed by atoms with Crippen LogP contribution in [0, 0.1) is 6.92 Å². The molecule has 0 saturated carbocycles. The maximum atomic E-state index is 13.8. The van der Waals surface area contributed by atoms with Gasteiger partial charge in [-0.1, -0.05) is 18.2 Å². The van der Waals surface area contributed by atoms with Crippen LogP contribution in [0.2, 0.25) is 0 Å². The molecule has 0 fully saturated rings. The molecular formula is C36H36N8O6. The molecule has 5 heterocycles. The molecule has 14 heteroatoms. The smallest absolute Gasteiger partial charge is 0.300 e. The molecule has 0 saturated heterocycles. The highest BCUT2D eigenvalue weighted by Gasteiger charge is 2.34. The number of aromatic nitrogens is 6. The zero-order valence-corrected chi connectivity index (χ0v) is 27.7. The molecule has 256 valence electrons. The molecule has 5 aromatic rings. The molecule has 8 rings (SSSR count). The molecule has 6 bridgehead atoms. The molecule has 3 aliphatic rings. The first kappa shape index (κ1) is 33.7. The highest BCUT2D eigenvalue weighted by atomic mass is 16.5. The van der Waals surface area contributed by atoms with Crippen molar-refractivity contribution in [3.05, 3.63) is 119 Å². The second-order valence-electron chi connectivity index (χ2n) is 11.8. The minimum absolute atomic E-state index is 0.0914. The summed E-state index contributed by atoms with van der Waals surface area (Å²) < 4.78 is 13.9. The second kappa shape index (κ2) is 15.4. The summed E-state index contributed by atoms with van der Waals surface area (Å²) in [6.45, 7) is 5.07. The third-order valence-corrected chi connectivity index (χ3v) is 8.26. The Hall–Kier alpha value is -6.18. The molecule has 14 nitrogen and oxygen atoms in total. The molecule has 2 amide bonds. The van der Waals surface area contributed by atoms with Crippen LogP contribution in [0.25, 0.3) is 5.69 Å². The van der Waals surface area contributed by atoms with E-state index < -0.39 is 5.97 Å². The number of carbonyl (C=O) groups excluding carboxylic acids is 2. The quantitative estimate of drug-likeness (QED) is 0.294. The molecule has 50 heavy (non-hydrogen) atoms. The number of aliphatic carboxylic acids is 1. The lowest BCUT2D eigenvalue weighted by atomic mass is 9.87. The molecule has 3 aliphatic heterocycles. The number of nitrogens with zero attached hydrogens (tertiary/aromatic N) is 8. The Bertz CT molecular complexity index is 1950. The van der Waals surface area contributed by atoms with Crippen molar-refractivity contribution in [3.63, 3.8) is 0 Å². The summed E-state index contributed by atoms with van der Waals surface area (Å²) >= 11 is 0. The number of rotatable bonds is 3. The van der Waals surface area contributed by atoms with Gasteiger partial charge in [0, 0.05) is 31.8 Å². The van der Waals surface area contributed by atoms with Gasteiger partial charge in [0.05, 0.1) is 36.8 Å². The van der Waals surface area contributed by atoms with Crippen LogP contribution in [-0.4, -0.2) is 95.7 Å². The minimum Gasteiger partial charge on any atom is -0.494 e. The molecule has 1 unspecified atom stereocenters. The van der Waals surface area contributed by atoms with Gasteiger partial charge in [0.2, 0.25) is 0 Å². The zero-order chi connectivity index (χ0) is 35.0. The van der Waals surface area contributed by atoms with Gasteiger partial charge >= 0.3 is 0 Å². The highest BCUT2D eigenvalue weighted by Crippen LogP contribution is 2.38. The van der Waals surface area contributed by atoms with Crippen LogP contribution in [0.3, 0.4) is 0 Å². The topological polar surface area (TPSA) is 166 Å². The van der Waals surface area contributed by atoms with Gasteiger partial charge in [-0.3, -0.25) is 19.4 Å². The Morgan fingerprint density at radius 1 is 0.860 bits per heavy atom. The first-order valence-corrected chi connectivity index (χ1v) is 16.2. The van der Waals surface area contributed by atoms with Crippen molar-refractivity contribution in [3.8, 4) is 17.2 Å². The summed E-state index contributed by atoms with van der Waals surface area (Å²) in [5.74, 6) is 0.338. The Kier molecular flexibility index (Phi) is 10.4. The number of amides is 2. The second-order valence-corrected chi connectivity index (χ2v) is 11.8. The van der Waals surface area contributed by atoms with Gasteiger partial charge in [0.1, 0.15) is 30.1 Å².